The van der Waals surface area contributed by atoms with E-state index in [1.165, 1.54) is 22.5 Å². The van der Waals surface area contributed by atoms with E-state index in [1.807, 2.05) is 0 Å². The van der Waals surface area contributed by atoms with Gasteiger partial charge in [-0.05, 0) is 68.2 Å². The predicted molar refractivity (Wildman–Crippen MR) is 133 cm³/mol. The van der Waals surface area contributed by atoms with Gasteiger partial charge in [-0.3, -0.25) is 4.90 Å². The Labute approximate surface area is 199 Å². The molecule has 0 unspecified atom stereocenters. The van der Waals surface area contributed by atoms with Gasteiger partial charge in [0.05, 0.1) is 30.2 Å². The van der Waals surface area contributed by atoms with E-state index >= 15 is 0 Å². The van der Waals surface area contributed by atoms with Gasteiger partial charge in [0, 0.05) is 26.3 Å². The zero-order chi connectivity index (χ0) is 23.2. The number of para-hydroxylation sites is 1. The number of allylic oxidation sites excluding steroid dienone is 4. The first-order valence-corrected chi connectivity index (χ1v) is 12.5. The molecule has 0 spiro atoms. The summed E-state index contributed by atoms with van der Waals surface area (Å²) < 4.78 is 11.3. The minimum atomic E-state index is 0.565. The Hall–Kier alpha value is -2.55. The van der Waals surface area contributed by atoms with Crippen molar-refractivity contribution >= 4 is 5.69 Å². The summed E-state index contributed by atoms with van der Waals surface area (Å²) in [6.07, 6.45) is 7.35. The average molecular weight is 448 g/mol. The van der Waals surface area contributed by atoms with Crippen LogP contribution in [0.2, 0.25) is 0 Å². The van der Waals surface area contributed by atoms with Crippen LogP contribution < -0.4 is 4.90 Å². The molecule has 4 rings (SSSR count). The molecule has 0 bridgehead atoms. The molecule has 176 valence electrons. The van der Waals surface area contributed by atoms with Gasteiger partial charge in [-0.25, -0.2) is 0 Å². The smallest absolute Gasteiger partial charge is 0.117 e. The minimum absolute atomic E-state index is 0.565. The summed E-state index contributed by atoms with van der Waals surface area (Å²) in [5.41, 5.74) is 6.70. The molecule has 5 heteroatoms. The third-order valence-corrected chi connectivity index (χ3v) is 7.04. The molecule has 0 aromatic heterocycles. The molecule has 3 aliphatic rings. The molecule has 0 saturated carbocycles. The number of aryl methyl sites for hydroxylation is 1. The molecular formula is C28H37N3O2. The van der Waals surface area contributed by atoms with Gasteiger partial charge < -0.3 is 14.4 Å². The third kappa shape index (κ3) is 5.03. The van der Waals surface area contributed by atoms with Gasteiger partial charge in [-0.15, -0.1) is 0 Å². The first kappa shape index (κ1) is 23.6. The van der Waals surface area contributed by atoms with Crippen molar-refractivity contribution in [1.82, 2.24) is 4.90 Å². The van der Waals surface area contributed by atoms with Gasteiger partial charge in [-0.1, -0.05) is 37.6 Å². The normalized spacial score (nSPS) is 21.7. The van der Waals surface area contributed by atoms with Crippen LogP contribution in [-0.4, -0.2) is 44.4 Å². The first-order valence-electron chi connectivity index (χ1n) is 12.5. The first-order chi connectivity index (χ1) is 16.2. The highest BCUT2D eigenvalue weighted by atomic mass is 16.5. The second-order valence-corrected chi connectivity index (χ2v) is 9.27. The van der Waals surface area contributed by atoms with Gasteiger partial charge in [0.25, 0.3) is 0 Å². The van der Waals surface area contributed by atoms with Crippen molar-refractivity contribution in [3.8, 4) is 6.07 Å². The molecule has 33 heavy (non-hydrogen) atoms. The molecule has 2 saturated heterocycles. The van der Waals surface area contributed by atoms with Crippen LogP contribution in [0.25, 0.3) is 0 Å². The molecule has 0 N–H and O–H groups in total. The Morgan fingerprint density at radius 2 is 1.76 bits per heavy atom. The van der Waals surface area contributed by atoms with E-state index in [9.17, 15) is 5.26 Å². The van der Waals surface area contributed by atoms with Crippen molar-refractivity contribution in [2.24, 2.45) is 5.92 Å². The number of benzene rings is 1. The zero-order valence-corrected chi connectivity index (χ0v) is 20.4. The monoisotopic (exact) mass is 447 g/mol. The Morgan fingerprint density at radius 1 is 1.06 bits per heavy atom. The summed E-state index contributed by atoms with van der Waals surface area (Å²) in [6.45, 7) is 11.4. The van der Waals surface area contributed by atoms with Crippen molar-refractivity contribution in [3.63, 3.8) is 0 Å². The molecule has 3 heterocycles. The summed E-state index contributed by atoms with van der Waals surface area (Å²) in [5.74, 6) is 1.78. The quantitative estimate of drug-likeness (QED) is 0.560. The molecule has 2 fully saturated rings. The second kappa shape index (κ2) is 11.0. The number of rotatable bonds is 6. The summed E-state index contributed by atoms with van der Waals surface area (Å²) in [7, 11) is 0. The number of anilines is 1. The maximum Gasteiger partial charge on any atom is 0.117 e. The largest absolute Gasteiger partial charge is 0.381 e. The van der Waals surface area contributed by atoms with Gasteiger partial charge in [0.2, 0.25) is 0 Å². The van der Waals surface area contributed by atoms with E-state index in [2.05, 4.69) is 67.0 Å². The van der Waals surface area contributed by atoms with Crippen molar-refractivity contribution < 1.29 is 9.47 Å². The number of ether oxygens (including phenoxy) is 2. The van der Waals surface area contributed by atoms with Crippen molar-refractivity contribution in [2.75, 3.05) is 44.4 Å². The van der Waals surface area contributed by atoms with Gasteiger partial charge in [0.15, 0.2) is 0 Å². The molecule has 0 atom stereocenters. The molecular weight excluding hydrogens is 410 g/mol. The van der Waals surface area contributed by atoms with Crippen molar-refractivity contribution in [2.45, 2.75) is 52.9 Å². The van der Waals surface area contributed by atoms with E-state index < -0.39 is 0 Å². The number of nitriles is 1. The SMILES string of the molecule is CCC/C=C1\C(C#N)=C(CC2CCOCC2)C(C)=C(N2CCOCC2)N1c1ccccc1C. The lowest BCUT2D eigenvalue weighted by atomic mass is 9.83. The van der Waals surface area contributed by atoms with Crippen LogP contribution in [0.15, 0.2) is 58.6 Å². The Morgan fingerprint density at radius 3 is 2.42 bits per heavy atom. The summed E-state index contributed by atoms with van der Waals surface area (Å²) in [5, 5.41) is 10.5. The number of unbranched alkanes of at least 4 members (excludes halogenated alkanes) is 1. The fraction of sp³-hybridized carbons (Fsp3) is 0.536. The van der Waals surface area contributed by atoms with E-state index in [1.54, 1.807) is 0 Å². The van der Waals surface area contributed by atoms with E-state index in [0.29, 0.717) is 5.92 Å². The average Bonchev–Trinajstić information content (AvgIpc) is 2.85. The number of nitrogens with zero attached hydrogens (tertiary/aromatic N) is 3. The van der Waals surface area contributed by atoms with E-state index in [0.717, 1.165) is 88.6 Å². The van der Waals surface area contributed by atoms with Crippen LogP contribution in [-0.2, 0) is 9.47 Å². The lowest BCUT2D eigenvalue weighted by Gasteiger charge is -2.44. The summed E-state index contributed by atoms with van der Waals surface area (Å²) in [6, 6.07) is 11.2. The van der Waals surface area contributed by atoms with Crippen LogP contribution in [0.1, 0.15) is 51.5 Å². The maximum atomic E-state index is 10.5. The number of morpholine rings is 1. The maximum absolute atomic E-state index is 10.5. The molecule has 0 radical (unpaired) electrons. The fourth-order valence-electron chi connectivity index (χ4n) is 5.18. The highest BCUT2D eigenvalue weighted by Gasteiger charge is 2.35. The third-order valence-electron chi connectivity index (χ3n) is 7.04. The molecule has 1 aromatic carbocycles. The highest BCUT2D eigenvalue weighted by molar-refractivity contribution is 5.73. The number of hydrogen-bond acceptors (Lipinski definition) is 5. The minimum Gasteiger partial charge on any atom is -0.381 e. The van der Waals surface area contributed by atoms with Crippen LogP contribution in [0.3, 0.4) is 0 Å². The van der Waals surface area contributed by atoms with E-state index in [-0.39, 0.29) is 0 Å². The zero-order valence-electron chi connectivity index (χ0n) is 20.4. The van der Waals surface area contributed by atoms with Gasteiger partial charge >= 0.3 is 0 Å². The standard InChI is InChI=1S/C28H37N3O2/c1-4-5-9-27-25(20-29)24(19-23-11-15-32-16-12-23)22(3)28(30-13-17-33-18-14-30)31(27)26-10-7-6-8-21(26)2/h6-10,23H,4-5,11-19H2,1-3H3/b27-9+. The second-order valence-electron chi connectivity index (χ2n) is 9.27. The molecule has 1 aromatic rings. The van der Waals surface area contributed by atoms with Crippen LogP contribution in [0, 0.1) is 24.2 Å². The Kier molecular flexibility index (Phi) is 7.90. The molecule has 0 aliphatic carbocycles. The highest BCUT2D eigenvalue weighted by Crippen LogP contribution is 2.43. The van der Waals surface area contributed by atoms with Crippen LogP contribution in [0.5, 0.6) is 0 Å². The molecule has 0 amide bonds. The fourth-order valence-corrected chi connectivity index (χ4v) is 5.18. The summed E-state index contributed by atoms with van der Waals surface area (Å²) in [4.78, 5) is 4.82. The lowest BCUT2D eigenvalue weighted by Crippen LogP contribution is -2.44. The topological polar surface area (TPSA) is 48.7 Å². The van der Waals surface area contributed by atoms with E-state index in [4.69, 9.17) is 9.47 Å². The van der Waals surface area contributed by atoms with Crippen molar-refractivity contribution in [1.29, 1.82) is 5.26 Å². The Balaban J connectivity index is 1.89. The van der Waals surface area contributed by atoms with Gasteiger partial charge in [0.1, 0.15) is 11.9 Å². The Bertz CT molecular complexity index is 973. The summed E-state index contributed by atoms with van der Waals surface area (Å²) >= 11 is 0. The lowest BCUT2D eigenvalue weighted by molar-refractivity contribution is 0.0520. The number of hydrogen-bond donors (Lipinski definition) is 0. The van der Waals surface area contributed by atoms with Gasteiger partial charge in [-0.2, -0.15) is 5.26 Å². The van der Waals surface area contributed by atoms with Crippen molar-refractivity contribution in [3.05, 3.63) is 64.1 Å². The molecule has 3 aliphatic heterocycles. The molecule has 5 nitrogen and oxygen atoms in total. The van der Waals surface area contributed by atoms with Crippen LogP contribution in [0.4, 0.5) is 5.69 Å². The predicted octanol–water partition coefficient (Wildman–Crippen LogP) is 5.70. The van der Waals surface area contributed by atoms with Crippen LogP contribution >= 0.6 is 0 Å².